The molecule has 0 aliphatic carbocycles. The molecule has 4 N–H and O–H groups in total. The molecule has 114 valence electrons. The summed E-state index contributed by atoms with van der Waals surface area (Å²) in [6, 6.07) is 0. The van der Waals surface area contributed by atoms with Crippen LogP contribution in [0.5, 0.6) is 0 Å². The molecule has 0 bridgehead atoms. The lowest BCUT2D eigenvalue weighted by atomic mass is 10.6. The van der Waals surface area contributed by atoms with Crippen molar-refractivity contribution in [3.63, 3.8) is 0 Å². The smallest absolute Gasteiger partial charge is 0.248 e. The third-order valence-electron chi connectivity index (χ3n) is 2.02. The Bertz CT molecular complexity index is 207. The van der Waals surface area contributed by atoms with E-state index in [0.717, 1.165) is 6.54 Å². The lowest BCUT2D eigenvalue weighted by Gasteiger charge is -2.07. The molecule has 19 heavy (non-hydrogen) atoms. The van der Waals surface area contributed by atoms with Gasteiger partial charge in [0.2, 0.25) is 5.91 Å². The normalized spacial score (nSPS) is 10.6. The predicted molar refractivity (Wildman–Crippen MR) is 69.5 cm³/mol. The van der Waals surface area contributed by atoms with Gasteiger partial charge in [-0.1, -0.05) is 0 Å². The number of likely N-dealkylation sites (N-methyl/N-ethyl adjacent to an activating group) is 1. The molecule has 0 radical (unpaired) electrons. The minimum absolute atomic E-state index is 0.142. The molecule has 0 aliphatic heterocycles. The van der Waals surface area contributed by atoms with Crippen molar-refractivity contribution in [3.05, 3.63) is 0 Å². The van der Waals surface area contributed by atoms with Gasteiger partial charge in [0, 0.05) is 13.1 Å². The second-order valence-electron chi connectivity index (χ2n) is 3.60. The minimum atomic E-state index is -0.263. The van der Waals surface area contributed by atoms with Crippen molar-refractivity contribution in [1.82, 2.24) is 10.6 Å². The molecule has 0 aliphatic rings. The molecule has 0 atom stereocenters. The SMILES string of the molecule is CNCCOCCOCCOCCNC(=O)CON. The topological polar surface area (TPSA) is 104 Å². The van der Waals surface area contributed by atoms with Gasteiger partial charge in [0.15, 0.2) is 0 Å². The maximum atomic E-state index is 10.9. The summed E-state index contributed by atoms with van der Waals surface area (Å²) < 4.78 is 15.8. The fourth-order valence-electron chi connectivity index (χ4n) is 1.11. The van der Waals surface area contributed by atoms with Gasteiger partial charge in [-0.3, -0.25) is 9.63 Å². The van der Waals surface area contributed by atoms with Crippen molar-refractivity contribution in [1.29, 1.82) is 0 Å². The average Bonchev–Trinajstić information content (AvgIpc) is 2.40. The Kier molecular flexibility index (Phi) is 14.7. The van der Waals surface area contributed by atoms with Crippen molar-refractivity contribution in [3.8, 4) is 0 Å². The van der Waals surface area contributed by atoms with Crippen LogP contribution >= 0.6 is 0 Å². The summed E-state index contributed by atoms with van der Waals surface area (Å²) in [5.74, 6) is 4.48. The zero-order valence-electron chi connectivity index (χ0n) is 11.5. The lowest BCUT2D eigenvalue weighted by Crippen LogP contribution is -2.31. The summed E-state index contributed by atoms with van der Waals surface area (Å²) in [7, 11) is 1.88. The quantitative estimate of drug-likeness (QED) is 0.256. The summed E-state index contributed by atoms with van der Waals surface area (Å²) >= 11 is 0. The molecule has 0 aromatic carbocycles. The first-order chi connectivity index (χ1) is 9.31. The van der Waals surface area contributed by atoms with E-state index < -0.39 is 0 Å². The molecule has 0 heterocycles. The standard InChI is InChI=1S/C11H25N3O5/c1-13-2-4-16-6-8-18-9-7-17-5-3-14-11(15)10-19-12/h13H,2-10,12H2,1H3,(H,14,15). The minimum Gasteiger partial charge on any atom is -0.378 e. The van der Waals surface area contributed by atoms with Crippen LogP contribution in [0.2, 0.25) is 0 Å². The summed E-state index contributed by atoms with van der Waals surface area (Å²) in [5, 5.41) is 5.56. The second kappa shape index (κ2) is 15.3. The number of nitrogens with one attached hydrogen (secondary N) is 2. The van der Waals surface area contributed by atoms with Gasteiger partial charge in [0.1, 0.15) is 6.61 Å². The number of hydrogen-bond acceptors (Lipinski definition) is 7. The number of carbonyl (C=O) groups is 1. The first-order valence-corrected chi connectivity index (χ1v) is 6.27. The first-order valence-electron chi connectivity index (χ1n) is 6.27. The molecule has 1 amide bonds. The van der Waals surface area contributed by atoms with E-state index in [9.17, 15) is 4.79 Å². The van der Waals surface area contributed by atoms with Gasteiger partial charge < -0.3 is 24.8 Å². The molecular formula is C11H25N3O5. The Morgan fingerprint density at radius 3 is 2.00 bits per heavy atom. The third kappa shape index (κ3) is 15.2. The Balaban J connectivity index is 3.01. The van der Waals surface area contributed by atoms with Gasteiger partial charge in [-0.2, -0.15) is 0 Å². The van der Waals surface area contributed by atoms with Crippen molar-refractivity contribution in [2.45, 2.75) is 0 Å². The fourth-order valence-corrected chi connectivity index (χ4v) is 1.11. The highest BCUT2D eigenvalue weighted by Crippen LogP contribution is 1.81. The van der Waals surface area contributed by atoms with Gasteiger partial charge >= 0.3 is 0 Å². The van der Waals surface area contributed by atoms with Crippen molar-refractivity contribution < 1.29 is 23.8 Å². The highest BCUT2D eigenvalue weighted by Gasteiger charge is 1.98. The fraction of sp³-hybridized carbons (Fsp3) is 0.909. The third-order valence-corrected chi connectivity index (χ3v) is 2.02. The number of ether oxygens (including phenoxy) is 3. The zero-order valence-corrected chi connectivity index (χ0v) is 11.5. The van der Waals surface area contributed by atoms with Crippen LogP contribution in [0.1, 0.15) is 0 Å². The van der Waals surface area contributed by atoms with Crippen LogP contribution in [0.25, 0.3) is 0 Å². The molecule has 8 heteroatoms. The maximum absolute atomic E-state index is 10.9. The van der Waals surface area contributed by atoms with Crippen LogP contribution in [0.4, 0.5) is 0 Å². The van der Waals surface area contributed by atoms with E-state index >= 15 is 0 Å². The number of nitrogens with two attached hydrogens (primary N) is 1. The zero-order chi connectivity index (χ0) is 14.2. The maximum Gasteiger partial charge on any atom is 0.248 e. The summed E-state index contributed by atoms with van der Waals surface area (Å²) in [6.07, 6.45) is 0. The predicted octanol–water partition coefficient (Wildman–Crippen LogP) is -1.74. The molecule has 0 saturated heterocycles. The molecule has 0 unspecified atom stereocenters. The van der Waals surface area contributed by atoms with Gasteiger partial charge in [-0.05, 0) is 7.05 Å². The number of carbonyl (C=O) groups excluding carboxylic acids is 1. The lowest BCUT2D eigenvalue weighted by molar-refractivity contribution is -0.126. The average molecular weight is 279 g/mol. The first kappa shape index (κ1) is 18.2. The van der Waals surface area contributed by atoms with Crippen LogP contribution in [0.15, 0.2) is 0 Å². The van der Waals surface area contributed by atoms with Crippen molar-refractivity contribution in [2.75, 3.05) is 66.4 Å². The Hall–Kier alpha value is -0.770. The molecule has 0 spiro atoms. The van der Waals surface area contributed by atoms with Crippen molar-refractivity contribution >= 4 is 5.91 Å². The largest absolute Gasteiger partial charge is 0.378 e. The van der Waals surface area contributed by atoms with Gasteiger partial charge in [-0.25, -0.2) is 5.90 Å². The van der Waals surface area contributed by atoms with Crippen molar-refractivity contribution in [2.24, 2.45) is 5.90 Å². The van der Waals surface area contributed by atoms with E-state index in [1.165, 1.54) is 0 Å². The van der Waals surface area contributed by atoms with Gasteiger partial charge in [-0.15, -0.1) is 0 Å². The van der Waals surface area contributed by atoms with E-state index in [-0.39, 0.29) is 12.5 Å². The molecule has 0 fully saturated rings. The van der Waals surface area contributed by atoms with Crippen LogP contribution in [-0.4, -0.2) is 72.3 Å². The highest BCUT2D eigenvalue weighted by molar-refractivity contribution is 5.77. The molecule has 0 saturated carbocycles. The van der Waals surface area contributed by atoms with Crippen LogP contribution < -0.4 is 16.5 Å². The monoisotopic (exact) mass is 279 g/mol. The van der Waals surface area contributed by atoms with Gasteiger partial charge in [0.25, 0.3) is 0 Å². The molecule has 0 rings (SSSR count). The summed E-state index contributed by atoms with van der Waals surface area (Å²) in [5.41, 5.74) is 0. The van der Waals surface area contributed by atoms with E-state index in [1.54, 1.807) is 0 Å². The number of rotatable bonds is 14. The van der Waals surface area contributed by atoms with E-state index in [0.29, 0.717) is 46.2 Å². The number of amides is 1. The van der Waals surface area contributed by atoms with E-state index in [4.69, 9.17) is 20.1 Å². The summed E-state index contributed by atoms with van der Waals surface area (Å²) in [4.78, 5) is 15.1. The van der Waals surface area contributed by atoms with Gasteiger partial charge in [0.05, 0.1) is 39.6 Å². The highest BCUT2D eigenvalue weighted by atomic mass is 16.6. The molecule has 0 aromatic rings. The van der Waals surface area contributed by atoms with E-state index in [2.05, 4.69) is 15.5 Å². The van der Waals surface area contributed by atoms with Crippen LogP contribution in [0, 0.1) is 0 Å². The Labute approximate surface area is 113 Å². The van der Waals surface area contributed by atoms with Crippen LogP contribution in [-0.2, 0) is 23.8 Å². The summed E-state index contributed by atoms with van der Waals surface area (Å²) in [6.45, 7) is 4.36. The molecular weight excluding hydrogens is 254 g/mol. The second-order valence-corrected chi connectivity index (χ2v) is 3.60. The molecule has 0 aromatic heterocycles. The van der Waals surface area contributed by atoms with Crippen LogP contribution in [0.3, 0.4) is 0 Å². The number of hydrogen-bond donors (Lipinski definition) is 3. The Morgan fingerprint density at radius 1 is 0.947 bits per heavy atom. The molecule has 8 nitrogen and oxygen atoms in total. The Morgan fingerprint density at radius 2 is 1.47 bits per heavy atom. The van der Waals surface area contributed by atoms with E-state index in [1.807, 2.05) is 7.05 Å².